The van der Waals surface area contributed by atoms with E-state index in [9.17, 15) is 21.6 Å². The third-order valence-electron chi connectivity index (χ3n) is 5.25. The Hall–Kier alpha value is -2.19. The molecule has 2 aromatic rings. The van der Waals surface area contributed by atoms with Gasteiger partial charge in [0.1, 0.15) is 0 Å². The van der Waals surface area contributed by atoms with E-state index in [4.69, 9.17) is 0 Å². The minimum Gasteiger partial charge on any atom is -0.294 e. The summed E-state index contributed by atoms with van der Waals surface area (Å²) in [6.45, 7) is 5.50. The van der Waals surface area contributed by atoms with Gasteiger partial charge in [-0.25, -0.2) is 16.8 Å². The van der Waals surface area contributed by atoms with Crippen molar-refractivity contribution in [2.45, 2.75) is 44.1 Å². The summed E-state index contributed by atoms with van der Waals surface area (Å²) < 4.78 is 49.3. The van der Waals surface area contributed by atoms with Crippen LogP contribution in [0.4, 0.5) is 5.69 Å². The van der Waals surface area contributed by atoms with E-state index in [0.717, 1.165) is 5.56 Å². The largest absolute Gasteiger partial charge is 0.294 e. The first-order valence-electron chi connectivity index (χ1n) is 9.83. The first-order chi connectivity index (χ1) is 13.9. The van der Waals surface area contributed by atoms with Gasteiger partial charge in [-0.15, -0.1) is 0 Å². The smallest absolute Gasteiger partial charge is 0.235 e. The number of anilines is 1. The van der Waals surface area contributed by atoms with Gasteiger partial charge in [-0.05, 0) is 50.5 Å². The monoisotopic (exact) mass is 449 g/mol. The minimum atomic E-state index is -3.28. The molecule has 162 valence electrons. The van der Waals surface area contributed by atoms with Crippen molar-refractivity contribution in [2.75, 3.05) is 16.6 Å². The maximum Gasteiger partial charge on any atom is 0.235 e. The Balaban J connectivity index is 1.66. The summed E-state index contributed by atoms with van der Waals surface area (Å²) in [4.78, 5) is 12.6. The van der Waals surface area contributed by atoms with E-state index < -0.39 is 24.6 Å². The Kier molecular flexibility index (Phi) is 6.11. The van der Waals surface area contributed by atoms with Crippen LogP contribution < -0.4 is 4.31 Å². The average molecular weight is 450 g/mol. The summed E-state index contributed by atoms with van der Waals surface area (Å²) >= 11 is 0. The second-order valence-electron chi connectivity index (χ2n) is 8.58. The van der Waals surface area contributed by atoms with Gasteiger partial charge in [0, 0.05) is 18.5 Å². The predicted octanol–water partition coefficient (Wildman–Crippen LogP) is 3.37. The summed E-state index contributed by atoms with van der Waals surface area (Å²) in [6, 6.07) is 13.7. The molecule has 0 bridgehead atoms. The molecular formula is C22H27NO5S2. The topological polar surface area (TPSA) is 88.6 Å². The van der Waals surface area contributed by atoms with E-state index in [1.165, 1.54) is 4.31 Å². The summed E-state index contributed by atoms with van der Waals surface area (Å²) in [7, 11) is -6.51. The molecule has 8 heteroatoms. The Morgan fingerprint density at radius 2 is 1.53 bits per heavy atom. The van der Waals surface area contributed by atoms with Gasteiger partial charge in [0.25, 0.3) is 0 Å². The van der Waals surface area contributed by atoms with Crippen molar-refractivity contribution in [3.63, 3.8) is 0 Å². The highest BCUT2D eigenvalue weighted by molar-refractivity contribution is 7.93. The Morgan fingerprint density at radius 1 is 0.967 bits per heavy atom. The third-order valence-corrected chi connectivity index (χ3v) is 9.70. The average Bonchev–Trinajstić information content (AvgIpc) is 3.01. The molecular weight excluding hydrogens is 422 g/mol. The minimum absolute atomic E-state index is 0.0637. The molecule has 2 aromatic carbocycles. The highest BCUT2D eigenvalue weighted by atomic mass is 32.2. The van der Waals surface area contributed by atoms with Crippen molar-refractivity contribution >= 4 is 31.3 Å². The molecule has 1 aliphatic heterocycles. The highest BCUT2D eigenvalue weighted by Crippen LogP contribution is 2.25. The maximum atomic E-state index is 12.6. The van der Waals surface area contributed by atoms with Crippen molar-refractivity contribution in [3.05, 3.63) is 65.2 Å². The lowest BCUT2D eigenvalue weighted by atomic mass is 10.0. The molecule has 1 saturated heterocycles. The Labute approximate surface area is 178 Å². The van der Waals surface area contributed by atoms with Crippen LogP contribution in [0.25, 0.3) is 0 Å². The zero-order valence-electron chi connectivity index (χ0n) is 17.5. The Bertz CT molecular complexity index is 1130. The van der Waals surface area contributed by atoms with Gasteiger partial charge >= 0.3 is 0 Å². The standard InChI is InChI=1S/C22H27NO5S2/c1-22(2,3)29(25,26)16-18-5-9-19(10-6-18)21(24)15-17-7-11-20(12-8-17)23-13-4-14-30(23,27)28/h5-12H,4,13-16H2,1-3H3. The number of sulfone groups is 1. The van der Waals surface area contributed by atoms with Gasteiger partial charge in [-0.1, -0.05) is 36.4 Å². The molecule has 6 nitrogen and oxygen atoms in total. The number of ketones is 1. The van der Waals surface area contributed by atoms with Gasteiger partial charge < -0.3 is 0 Å². The van der Waals surface area contributed by atoms with Crippen LogP contribution >= 0.6 is 0 Å². The second-order valence-corrected chi connectivity index (χ2v) is 13.3. The Morgan fingerprint density at radius 3 is 2.03 bits per heavy atom. The number of hydrogen-bond donors (Lipinski definition) is 0. The first-order valence-corrected chi connectivity index (χ1v) is 13.1. The van der Waals surface area contributed by atoms with Crippen LogP contribution in [0, 0.1) is 0 Å². The third kappa shape index (κ3) is 4.92. The van der Waals surface area contributed by atoms with Gasteiger partial charge in [0.05, 0.1) is 21.9 Å². The zero-order chi connectivity index (χ0) is 22.2. The second kappa shape index (κ2) is 8.15. The number of sulfonamides is 1. The first kappa shape index (κ1) is 22.5. The van der Waals surface area contributed by atoms with Crippen molar-refractivity contribution in [1.82, 2.24) is 0 Å². The number of Topliss-reactive ketones (excluding diaryl/α,β-unsaturated/α-hetero) is 1. The molecule has 30 heavy (non-hydrogen) atoms. The lowest BCUT2D eigenvalue weighted by Gasteiger charge is -2.19. The van der Waals surface area contributed by atoms with Crippen molar-refractivity contribution < 1.29 is 21.6 Å². The number of hydrogen-bond acceptors (Lipinski definition) is 5. The summed E-state index contributed by atoms with van der Waals surface area (Å²) in [5, 5.41) is 0. The predicted molar refractivity (Wildman–Crippen MR) is 119 cm³/mol. The van der Waals surface area contributed by atoms with Crippen LogP contribution in [-0.4, -0.2) is 39.7 Å². The SMILES string of the molecule is CC(C)(C)S(=O)(=O)Cc1ccc(C(=O)Cc2ccc(N3CCCS3(=O)=O)cc2)cc1. The number of nitrogens with zero attached hydrogens (tertiary/aromatic N) is 1. The van der Waals surface area contributed by atoms with Crippen LogP contribution in [-0.2, 0) is 32.0 Å². The molecule has 0 unspecified atom stereocenters. The van der Waals surface area contributed by atoms with Gasteiger partial charge in [0.2, 0.25) is 10.0 Å². The molecule has 0 amide bonds. The lowest BCUT2D eigenvalue weighted by Crippen LogP contribution is -2.29. The van der Waals surface area contributed by atoms with E-state index in [2.05, 4.69) is 0 Å². The van der Waals surface area contributed by atoms with E-state index in [-0.39, 0.29) is 23.7 Å². The molecule has 0 aromatic heterocycles. The fraction of sp³-hybridized carbons (Fsp3) is 0.409. The van der Waals surface area contributed by atoms with E-state index in [1.807, 2.05) is 0 Å². The molecule has 0 atom stereocenters. The summed E-state index contributed by atoms with van der Waals surface area (Å²) in [5.74, 6) is 0.0216. The molecule has 1 heterocycles. The molecule has 3 rings (SSSR count). The summed E-state index contributed by atoms with van der Waals surface area (Å²) in [6.07, 6.45) is 0.808. The van der Waals surface area contributed by atoms with Crippen molar-refractivity contribution in [3.8, 4) is 0 Å². The van der Waals surface area contributed by atoms with E-state index in [1.54, 1.807) is 69.3 Å². The normalized spacial score (nSPS) is 16.6. The quantitative estimate of drug-likeness (QED) is 0.631. The number of rotatable bonds is 6. The molecule has 0 saturated carbocycles. The molecule has 1 aliphatic rings. The van der Waals surface area contributed by atoms with Crippen LogP contribution in [0.15, 0.2) is 48.5 Å². The lowest BCUT2D eigenvalue weighted by molar-refractivity contribution is 0.0993. The van der Waals surface area contributed by atoms with Gasteiger partial charge in [-0.2, -0.15) is 0 Å². The van der Waals surface area contributed by atoms with Crippen LogP contribution in [0.1, 0.15) is 48.7 Å². The molecule has 0 spiro atoms. The molecule has 0 aliphatic carbocycles. The van der Waals surface area contributed by atoms with E-state index in [0.29, 0.717) is 29.8 Å². The molecule has 0 N–H and O–H groups in total. The zero-order valence-corrected chi connectivity index (χ0v) is 19.1. The van der Waals surface area contributed by atoms with Gasteiger partial charge in [0.15, 0.2) is 15.6 Å². The summed E-state index contributed by atoms with van der Waals surface area (Å²) in [5.41, 5.74) is 2.57. The van der Waals surface area contributed by atoms with Crippen LogP contribution in [0.3, 0.4) is 0 Å². The highest BCUT2D eigenvalue weighted by Gasteiger charge is 2.29. The van der Waals surface area contributed by atoms with Gasteiger partial charge in [-0.3, -0.25) is 9.10 Å². The molecule has 1 fully saturated rings. The number of carbonyl (C=O) groups excluding carboxylic acids is 1. The molecule has 0 radical (unpaired) electrons. The fourth-order valence-electron chi connectivity index (χ4n) is 3.22. The van der Waals surface area contributed by atoms with Crippen LogP contribution in [0.5, 0.6) is 0 Å². The maximum absolute atomic E-state index is 12.6. The van der Waals surface area contributed by atoms with Crippen molar-refractivity contribution in [2.24, 2.45) is 0 Å². The van der Waals surface area contributed by atoms with Crippen LogP contribution in [0.2, 0.25) is 0 Å². The fourth-order valence-corrected chi connectivity index (χ4v) is 5.85. The number of carbonyl (C=O) groups is 1. The number of benzene rings is 2. The van der Waals surface area contributed by atoms with Crippen molar-refractivity contribution in [1.29, 1.82) is 0 Å². The van der Waals surface area contributed by atoms with E-state index >= 15 is 0 Å².